The molecule has 0 heterocycles. The maximum absolute atomic E-state index is 11.9. The van der Waals surface area contributed by atoms with E-state index in [-0.39, 0.29) is 15.5 Å². The number of hydrogen-bond acceptors (Lipinski definition) is 3. The minimum atomic E-state index is -3.50. The minimum Gasteiger partial charge on any atom is -0.207 e. The van der Waals surface area contributed by atoms with Crippen molar-refractivity contribution in [3.8, 4) is 6.07 Å². The molecule has 0 N–H and O–H groups in total. The van der Waals surface area contributed by atoms with Crippen LogP contribution in [0.5, 0.6) is 0 Å². The molecule has 0 amide bonds. The van der Waals surface area contributed by atoms with E-state index in [0.717, 1.165) is 0 Å². The van der Waals surface area contributed by atoms with Gasteiger partial charge in [-0.25, -0.2) is 12.7 Å². The fourth-order valence-electron chi connectivity index (χ4n) is 1.10. The van der Waals surface area contributed by atoms with Gasteiger partial charge >= 0.3 is 0 Å². The Bertz CT molecular complexity index is 534. The highest BCUT2D eigenvalue weighted by Crippen LogP contribution is 2.22. The van der Waals surface area contributed by atoms with E-state index in [9.17, 15) is 8.42 Å². The maximum Gasteiger partial charge on any atom is 0.242 e. The van der Waals surface area contributed by atoms with E-state index >= 15 is 0 Å². The first-order valence-corrected chi connectivity index (χ1v) is 6.41. The molecule has 86 valence electrons. The smallest absolute Gasteiger partial charge is 0.207 e. The van der Waals surface area contributed by atoms with Crippen LogP contribution in [0.4, 0.5) is 0 Å². The topological polar surface area (TPSA) is 61.2 Å². The van der Waals surface area contributed by atoms with Gasteiger partial charge in [0.1, 0.15) is 6.07 Å². The Morgan fingerprint density at radius 2 is 2.12 bits per heavy atom. The molecular weight excluding hydrogens is 248 g/mol. The zero-order valence-electron chi connectivity index (χ0n) is 8.94. The summed E-state index contributed by atoms with van der Waals surface area (Å²) in [6.07, 6.45) is 0. The summed E-state index contributed by atoms with van der Waals surface area (Å²) in [6.45, 7) is 2.11. The molecule has 0 radical (unpaired) electrons. The van der Waals surface area contributed by atoms with E-state index < -0.39 is 10.0 Å². The van der Waals surface area contributed by atoms with Crippen LogP contribution in [0.25, 0.3) is 0 Å². The second-order valence-corrected chi connectivity index (χ2v) is 5.62. The summed E-state index contributed by atoms with van der Waals surface area (Å²) in [5.41, 5.74) is 0.264. The predicted octanol–water partition coefficient (Wildman–Crippen LogP) is 1.85. The molecule has 0 aromatic heterocycles. The first-order chi connectivity index (χ1) is 7.43. The van der Waals surface area contributed by atoms with E-state index in [1.54, 1.807) is 6.92 Å². The lowest BCUT2D eigenvalue weighted by atomic mass is 10.2. The average molecular weight is 259 g/mol. The molecule has 0 aliphatic heterocycles. The Morgan fingerprint density at radius 3 is 2.56 bits per heavy atom. The van der Waals surface area contributed by atoms with Crippen molar-refractivity contribution < 1.29 is 8.42 Å². The van der Waals surface area contributed by atoms with Crippen molar-refractivity contribution >= 4 is 21.6 Å². The summed E-state index contributed by atoms with van der Waals surface area (Å²) in [6, 6.07) is 5.95. The van der Waals surface area contributed by atoms with Crippen molar-refractivity contribution in [3.05, 3.63) is 28.8 Å². The molecule has 1 aromatic carbocycles. The summed E-state index contributed by atoms with van der Waals surface area (Å²) in [7, 11) is -2.01. The summed E-state index contributed by atoms with van der Waals surface area (Å²) < 4.78 is 25.0. The van der Waals surface area contributed by atoms with Crippen molar-refractivity contribution in [3.63, 3.8) is 0 Å². The van der Waals surface area contributed by atoms with Crippen LogP contribution in [0.15, 0.2) is 23.1 Å². The van der Waals surface area contributed by atoms with Crippen LogP contribution >= 0.6 is 11.6 Å². The number of benzene rings is 1. The van der Waals surface area contributed by atoms with Gasteiger partial charge in [0.05, 0.1) is 15.5 Å². The van der Waals surface area contributed by atoms with Gasteiger partial charge in [-0.15, -0.1) is 0 Å². The van der Waals surface area contributed by atoms with Gasteiger partial charge in [-0.05, 0) is 18.2 Å². The molecule has 6 heteroatoms. The Labute approximate surface area is 100 Å². The van der Waals surface area contributed by atoms with Crippen molar-refractivity contribution in [2.24, 2.45) is 0 Å². The molecule has 0 atom stereocenters. The first-order valence-electron chi connectivity index (χ1n) is 4.59. The Morgan fingerprint density at radius 1 is 1.50 bits per heavy atom. The number of hydrogen-bond donors (Lipinski definition) is 0. The van der Waals surface area contributed by atoms with Crippen LogP contribution in [0.1, 0.15) is 12.5 Å². The highest BCUT2D eigenvalue weighted by Gasteiger charge is 2.19. The molecule has 1 rings (SSSR count). The fourth-order valence-corrected chi connectivity index (χ4v) is 2.59. The summed E-state index contributed by atoms with van der Waals surface area (Å²) in [4.78, 5) is 0.0980. The molecule has 16 heavy (non-hydrogen) atoms. The highest BCUT2D eigenvalue weighted by atomic mass is 35.5. The second kappa shape index (κ2) is 4.83. The van der Waals surface area contributed by atoms with E-state index in [0.29, 0.717) is 6.54 Å². The van der Waals surface area contributed by atoms with Crippen LogP contribution in [0.3, 0.4) is 0 Å². The normalized spacial score (nSPS) is 11.4. The van der Waals surface area contributed by atoms with Gasteiger partial charge in [-0.2, -0.15) is 5.26 Å². The molecule has 0 fully saturated rings. The minimum absolute atomic E-state index is 0.0980. The summed E-state index contributed by atoms with van der Waals surface area (Å²) >= 11 is 5.78. The molecular formula is C10H11ClN2O2S. The SMILES string of the molecule is CCN(C)S(=O)(=O)c1ccc(C#N)c(Cl)c1. The molecule has 0 bridgehead atoms. The zero-order valence-corrected chi connectivity index (χ0v) is 10.5. The molecule has 0 aliphatic carbocycles. The Balaban J connectivity index is 3.27. The number of rotatable bonds is 3. The van der Waals surface area contributed by atoms with Crippen LogP contribution < -0.4 is 0 Å². The van der Waals surface area contributed by atoms with Gasteiger partial charge < -0.3 is 0 Å². The van der Waals surface area contributed by atoms with Crippen molar-refractivity contribution in [1.82, 2.24) is 4.31 Å². The molecule has 0 aliphatic rings. The van der Waals surface area contributed by atoms with E-state index in [1.165, 1.54) is 29.6 Å². The second-order valence-electron chi connectivity index (χ2n) is 3.17. The predicted molar refractivity (Wildman–Crippen MR) is 61.7 cm³/mol. The lowest BCUT2D eigenvalue weighted by molar-refractivity contribution is 0.486. The number of nitriles is 1. The standard InChI is InChI=1S/C10H11ClN2O2S/c1-3-13(2)16(14,15)9-5-4-8(7-12)10(11)6-9/h4-6H,3H2,1-2H3. The van der Waals surface area contributed by atoms with Crippen molar-refractivity contribution in [2.75, 3.05) is 13.6 Å². The first kappa shape index (κ1) is 13.0. The zero-order chi connectivity index (χ0) is 12.3. The fraction of sp³-hybridized carbons (Fsp3) is 0.300. The third-order valence-electron chi connectivity index (χ3n) is 2.21. The van der Waals surface area contributed by atoms with Gasteiger partial charge in [0, 0.05) is 13.6 Å². The van der Waals surface area contributed by atoms with Crippen LogP contribution in [0, 0.1) is 11.3 Å². The summed E-state index contributed by atoms with van der Waals surface area (Å²) in [5, 5.41) is 8.82. The quantitative estimate of drug-likeness (QED) is 0.831. The van der Waals surface area contributed by atoms with Gasteiger partial charge in [-0.3, -0.25) is 0 Å². The molecule has 4 nitrogen and oxygen atoms in total. The summed E-state index contributed by atoms with van der Waals surface area (Å²) in [5.74, 6) is 0. The number of halogens is 1. The van der Waals surface area contributed by atoms with E-state index in [2.05, 4.69) is 0 Å². The monoisotopic (exact) mass is 258 g/mol. The van der Waals surface area contributed by atoms with Gasteiger partial charge in [0.15, 0.2) is 0 Å². The molecule has 0 saturated heterocycles. The largest absolute Gasteiger partial charge is 0.242 e. The van der Waals surface area contributed by atoms with Gasteiger partial charge in [0.25, 0.3) is 0 Å². The van der Waals surface area contributed by atoms with Crippen LogP contribution in [-0.4, -0.2) is 26.3 Å². The molecule has 1 aromatic rings. The average Bonchev–Trinajstić information content (AvgIpc) is 2.27. The van der Waals surface area contributed by atoms with Crippen molar-refractivity contribution in [1.29, 1.82) is 5.26 Å². The third kappa shape index (κ3) is 2.35. The van der Waals surface area contributed by atoms with E-state index in [4.69, 9.17) is 16.9 Å². The highest BCUT2D eigenvalue weighted by molar-refractivity contribution is 7.89. The molecule has 0 saturated carbocycles. The third-order valence-corrected chi connectivity index (χ3v) is 4.46. The lowest BCUT2D eigenvalue weighted by Gasteiger charge is -2.14. The Kier molecular flexibility index (Phi) is 3.92. The number of nitrogens with zero attached hydrogens (tertiary/aromatic N) is 2. The lowest BCUT2D eigenvalue weighted by Crippen LogP contribution is -2.26. The maximum atomic E-state index is 11.9. The number of sulfonamides is 1. The molecule has 0 unspecified atom stereocenters. The van der Waals surface area contributed by atoms with Crippen LogP contribution in [0.2, 0.25) is 5.02 Å². The van der Waals surface area contributed by atoms with E-state index in [1.807, 2.05) is 6.07 Å². The molecule has 0 spiro atoms. The van der Waals surface area contributed by atoms with Gasteiger partial charge in [0.2, 0.25) is 10.0 Å². The Hall–Kier alpha value is -1.09. The van der Waals surface area contributed by atoms with Crippen molar-refractivity contribution in [2.45, 2.75) is 11.8 Å². The van der Waals surface area contributed by atoms with Crippen LogP contribution in [-0.2, 0) is 10.0 Å². The van der Waals surface area contributed by atoms with Gasteiger partial charge in [-0.1, -0.05) is 18.5 Å².